The van der Waals surface area contributed by atoms with Crippen molar-refractivity contribution in [1.82, 2.24) is 0 Å². The number of aliphatic hydroxyl groups is 1. The highest BCUT2D eigenvalue weighted by Gasteiger charge is 2.14. The van der Waals surface area contributed by atoms with Gasteiger partial charge in [0.05, 0.1) is 11.6 Å². The number of hydrogen-bond donors (Lipinski definition) is 1. The van der Waals surface area contributed by atoms with Crippen molar-refractivity contribution in [1.29, 1.82) is 0 Å². The highest BCUT2D eigenvalue weighted by Crippen LogP contribution is 2.28. The molecule has 0 unspecified atom stereocenters. The van der Waals surface area contributed by atoms with Crippen LogP contribution in [-0.2, 0) is 9.53 Å². The molecule has 19 heavy (non-hydrogen) atoms. The number of allylic oxidation sites excluding steroid dienone is 1. The third-order valence-electron chi connectivity index (χ3n) is 1.98. The van der Waals surface area contributed by atoms with E-state index >= 15 is 0 Å². The number of halogens is 2. The van der Waals surface area contributed by atoms with Crippen LogP contribution in [0.1, 0.15) is 13.8 Å². The van der Waals surface area contributed by atoms with E-state index in [4.69, 9.17) is 27.9 Å². The molecular formula is C12H12Cl2N2O3. The molecule has 0 aliphatic rings. The van der Waals surface area contributed by atoms with Crippen molar-refractivity contribution in [3.8, 4) is 0 Å². The van der Waals surface area contributed by atoms with E-state index in [2.05, 4.69) is 10.2 Å². The van der Waals surface area contributed by atoms with Crippen LogP contribution in [0.4, 0.5) is 5.69 Å². The van der Waals surface area contributed by atoms with Crippen molar-refractivity contribution in [3.05, 3.63) is 39.7 Å². The standard InChI is InChI=1S/C12H12Cl2N2O3/c1-3-19-12(18)11(7(2)17)16-15-10-5-4-8(13)6-9(10)14/h4-6,17H,3H2,1-2H3. The van der Waals surface area contributed by atoms with Gasteiger partial charge in [0.25, 0.3) is 0 Å². The Morgan fingerprint density at radius 2 is 2.11 bits per heavy atom. The Morgan fingerprint density at radius 3 is 2.63 bits per heavy atom. The summed E-state index contributed by atoms with van der Waals surface area (Å²) in [7, 11) is 0. The average molecular weight is 303 g/mol. The lowest BCUT2D eigenvalue weighted by molar-refractivity contribution is -0.138. The number of hydrogen-bond acceptors (Lipinski definition) is 5. The quantitative estimate of drug-likeness (QED) is 0.387. The Morgan fingerprint density at radius 1 is 1.42 bits per heavy atom. The number of carbonyl (C=O) groups excluding carboxylic acids is 1. The zero-order valence-corrected chi connectivity index (χ0v) is 11.9. The largest absolute Gasteiger partial charge is 0.510 e. The Labute approximate surface area is 120 Å². The molecule has 1 rings (SSSR count). The summed E-state index contributed by atoms with van der Waals surface area (Å²) in [4.78, 5) is 11.5. The number of carbonyl (C=O) groups is 1. The fourth-order valence-corrected chi connectivity index (χ4v) is 1.57. The Kier molecular flexibility index (Phi) is 5.79. The Balaban J connectivity index is 3.00. The summed E-state index contributed by atoms with van der Waals surface area (Å²) >= 11 is 11.6. The first kappa shape index (κ1) is 15.5. The van der Waals surface area contributed by atoms with Gasteiger partial charge in [-0.15, -0.1) is 10.2 Å². The second-order valence-corrected chi connectivity index (χ2v) is 4.29. The number of ether oxygens (including phenoxy) is 1. The van der Waals surface area contributed by atoms with Gasteiger partial charge < -0.3 is 9.84 Å². The number of esters is 1. The van der Waals surface area contributed by atoms with Gasteiger partial charge in [0.1, 0.15) is 11.4 Å². The van der Waals surface area contributed by atoms with Gasteiger partial charge in [0, 0.05) is 5.02 Å². The Hall–Kier alpha value is -1.59. The molecule has 0 radical (unpaired) electrons. The lowest BCUT2D eigenvalue weighted by atomic mass is 10.3. The molecule has 0 aromatic heterocycles. The van der Waals surface area contributed by atoms with Crippen molar-refractivity contribution >= 4 is 34.9 Å². The van der Waals surface area contributed by atoms with E-state index in [9.17, 15) is 9.90 Å². The van der Waals surface area contributed by atoms with Crippen molar-refractivity contribution in [2.24, 2.45) is 10.2 Å². The summed E-state index contributed by atoms with van der Waals surface area (Å²) in [6.45, 7) is 3.14. The summed E-state index contributed by atoms with van der Waals surface area (Å²) in [6, 6.07) is 4.63. The van der Waals surface area contributed by atoms with Gasteiger partial charge >= 0.3 is 5.97 Å². The molecule has 0 spiro atoms. The highest BCUT2D eigenvalue weighted by molar-refractivity contribution is 6.36. The van der Waals surface area contributed by atoms with Crippen molar-refractivity contribution in [2.45, 2.75) is 13.8 Å². The van der Waals surface area contributed by atoms with E-state index in [-0.39, 0.29) is 23.1 Å². The number of rotatable bonds is 4. The molecule has 0 fully saturated rings. The lowest BCUT2D eigenvalue weighted by Gasteiger charge is -2.02. The normalized spacial score (nSPS) is 12.4. The molecule has 102 valence electrons. The first-order valence-corrected chi connectivity index (χ1v) is 6.15. The summed E-state index contributed by atoms with van der Waals surface area (Å²) in [5.74, 6) is -1.04. The summed E-state index contributed by atoms with van der Waals surface area (Å²) < 4.78 is 4.74. The maximum Gasteiger partial charge on any atom is 0.362 e. The van der Waals surface area contributed by atoms with Gasteiger partial charge in [-0.2, -0.15) is 0 Å². The molecule has 0 saturated heterocycles. The molecule has 1 aromatic carbocycles. The van der Waals surface area contributed by atoms with E-state index < -0.39 is 5.97 Å². The smallest absolute Gasteiger partial charge is 0.362 e. The molecule has 1 aromatic rings. The summed E-state index contributed by atoms with van der Waals surface area (Å²) in [6.07, 6.45) is 0. The van der Waals surface area contributed by atoms with Crippen LogP contribution in [0.3, 0.4) is 0 Å². The molecule has 5 nitrogen and oxygen atoms in total. The molecule has 7 heteroatoms. The summed E-state index contributed by atoms with van der Waals surface area (Å²) in [5.41, 5.74) is 0.0574. The molecule has 1 N–H and O–H groups in total. The van der Waals surface area contributed by atoms with E-state index in [1.165, 1.54) is 13.0 Å². The van der Waals surface area contributed by atoms with Crippen molar-refractivity contribution in [3.63, 3.8) is 0 Å². The van der Waals surface area contributed by atoms with Crippen LogP contribution in [-0.4, -0.2) is 17.7 Å². The lowest BCUT2D eigenvalue weighted by Crippen LogP contribution is -2.07. The molecule has 0 amide bonds. The highest BCUT2D eigenvalue weighted by atomic mass is 35.5. The monoisotopic (exact) mass is 302 g/mol. The van der Waals surface area contributed by atoms with Crippen molar-refractivity contribution in [2.75, 3.05) is 6.61 Å². The van der Waals surface area contributed by atoms with E-state index in [0.717, 1.165) is 0 Å². The van der Waals surface area contributed by atoms with Crippen LogP contribution < -0.4 is 0 Å². The second-order valence-electron chi connectivity index (χ2n) is 3.45. The van der Waals surface area contributed by atoms with Crippen molar-refractivity contribution < 1.29 is 14.6 Å². The van der Waals surface area contributed by atoms with Gasteiger partial charge in [-0.05, 0) is 32.0 Å². The van der Waals surface area contributed by atoms with Gasteiger partial charge in [-0.25, -0.2) is 4.79 Å². The molecule has 0 bridgehead atoms. The molecule has 0 aliphatic heterocycles. The fourth-order valence-electron chi connectivity index (χ4n) is 1.13. The number of aliphatic hydroxyl groups excluding tert-OH is 1. The number of azo groups is 1. The van der Waals surface area contributed by atoms with Gasteiger partial charge in [0.15, 0.2) is 0 Å². The van der Waals surface area contributed by atoms with Gasteiger partial charge in [-0.1, -0.05) is 23.2 Å². The van der Waals surface area contributed by atoms with Crippen LogP contribution in [0.15, 0.2) is 39.9 Å². The summed E-state index contributed by atoms with van der Waals surface area (Å²) in [5, 5.41) is 17.6. The topological polar surface area (TPSA) is 71.2 Å². The zero-order chi connectivity index (χ0) is 14.4. The maximum atomic E-state index is 11.5. The second kappa shape index (κ2) is 7.11. The van der Waals surface area contributed by atoms with Crippen LogP contribution in [0.25, 0.3) is 0 Å². The predicted molar refractivity (Wildman–Crippen MR) is 72.9 cm³/mol. The predicted octanol–water partition coefficient (Wildman–Crippen LogP) is 4.43. The zero-order valence-electron chi connectivity index (χ0n) is 10.4. The minimum atomic E-state index is -0.753. The fraction of sp³-hybridized carbons (Fsp3) is 0.250. The van der Waals surface area contributed by atoms with Crippen LogP contribution >= 0.6 is 23.2 Å². The van der Waals surface area contributed by atoms with E-state index in [1.807, 2.05) is 0 Å². The van der Waals surface area contributed by atoms with Gasteiger partial charge in [0.2, 0.25) is 5.70 Å². The molecule has 0 atom stereocenters. The van der Waals surface area contributed by atoms with Crippen LogP contribution in [0.2, 0.25) is 10.0 Å². The number of benzene rings is 1. The minimum Gasteiger partial charge on any atom is -0.510 e. The molecule has 0 saturated carbocycles. The molecular weight excluding hydrogens is 291 g/mol. The average Bonchev–Trinajstić information content (AvgIpc) is 2.31. The SMILES string of the molecule is CCOC(=O)C(N=Nc1ccc(Cl)cc1Cl)=C(C)O. The van der Waals surface area contributed by atoms with E-state index in [1.54, 1.807) is 19.1 Å². The Bertz CT molecular complexity index is 538. The van der Waals surface area contributed by atoms with Crippen LogP contribution in [0.5, 0.6) is 0 Å². The third-order valence-corrected chi connectivity index (χ3v) is 2.52. The molecule has 0 heterocycles. The van der Waals surface area contributed by atoms with Gasteiger partial charge in [-0.3, -0.25) is 0 Å². The first-order chi connectivity index (χ1) is 8.95. The minimum absolute atomic E-state index is 0.173. The molecule has 0 aliphatic carbocycles. The number of nitrogens with zero attached hydrogens (tertiary/aromatic N) is 2. The first-order valence-electron chi connectivity index (χ1n) is 5.39. The van der Waals surface area contributed by atoms with E-state index in [0.29, 0.717) is 10.7 Å². The third kappa shape index (κ3) is 4.54. The maximum absolute atomic E-state index is 11.5. The van der Waals surface area contributed by atoms with Crippen LogP contribution in [0, 0.1) is 0 Å².